The lowest BCUT2D eigenvalue weighted by Gasteiger charge is -2.24. The zero-order chi connectivity index (χ0) is 12.5. The summed E-state index contributed by atoms with van der Waals surface area (Å²) in [5, 5.41) is 9.14. The highest BCUT2D eigenvalue weighted by Gasteiger charge is 2.29. The van der Waals surface area contributed by atoms with Crippen LogP contribution in [-0.2, 0) is 22.6 Å². The molecular weight excluding hydrogens is 220 g/mol. The summed E-state index contributed by atoms with van der Waals surface area (Å²) in [7, 11) is 0. The van der Waals surface area contributed by atoms with Gasteiger partial charge in [0.25, 0.3) is 0 Å². The van der Waals surface area contributed by atoms with E-state index in [9.17, 15) is 4.79 Å². The first-order chi connectivity index (χ1) is 8.00. The second-order valence-electron chi connectivity index (χ2n) is 4.88. The summed E-state index contributed by atoms with van der Waals surface area (Å²) in [5.74, 6) is -0.0183. The number of carbonyl (C=O) groups is 1. The molecule has 0 spiro atoms. The van der Waals surface area contributed by atoms with E-state index < -0.39 is 11.4 Å². The Bertz CT molecular complexity index is 437. The number of hydrogen-bond acceptors (Lipinski definition) is 3. The van der Waals surface area contributed by atoms with E-state index in [1.807, 2.05) is 18.2 Å². The maximum Gasteiger partial charge on any atom is 0.309 e. The van der Waals surface area contributed by atoms with Gasteiger partial charge in [0.15, 0.2) is 6.79 Å². The zero-order valence-electron chi connectivity index (χ0n) is 10.0. The zero-order valence-corrected chi connectivity index (χ0v) is 10.0. The molecular formula is C13H16O4. The topological polar surface area (TPSA) is 55.8 Å². The van der Waals surface area contributed by atoms with E-state index in [1.165, 1.54) is 0 Å². The molecule has 0 saturated carbocycles. The molecule has 0 amide bonds. The van der Waals surface area contributed by atoms with Crippen LogP contribution in [0.2, 0.25) is 0 Å². The van der Waals surface area contributed by atoms with Gasteiger partial charge in [0.2, 0.25) is 0 Å². The fraction of sp³-hybridized carbons (Fsp3) is 0.462. The normalized spacial score (nSPS) is 14.9. The molecule has 1 aliphatic heterocycles. The Hall–Kier alpha value is -1.55. The third-order valence-corrected chi connectivity index (χ3v) is 2.93. The number of aliphatic carboxylic acids is 1. The van der Waals surface area contributed by atoms with E-state index in [0.29, 0.717) is 13.0 Å². The third-order valence-electron chi connectivity index (χ3n) is 2.93. The van der Waals surface area contributed by atoms with Crippen LogP contribution in [0.25, 0.3) is 0 Å². The predicted octanol–water partition coefficient (Wildman–Crippen LogP) is 2.21. The Labute approximate surface area is 100 Å². The van der Waals surface area contributed by atoms with E-state index in [1.54, 1.807) is 13.8 Å². The van der Waals surface area contributed by atoms with Crippen molar-refractivity contribution >= 4 is 5.97 Å². The highest BCUT2D eigenvalue weighted by Crippen LogP contribution is 2.33. The number of ether oxygens (including phenoxy) is 2. The maximum absolute atomic E-state index is 11.1. The average Bonchev–Trinajstić information content (AvgIpc) is 2.29. The second-order valence-corrected chi connectivity index (χ2v) is 4.88. The summed E-state index contributed by atoms with van der Waals surface area (Å²) in [6, 6.07) is 5.75. The number of hydrogen-bond donors (Lipinski definition) is 1. The van der Waals surface area contributed by atoms with Gasteiger partial charge >= 0.3 is 5.97 Å². The molecule has 2 rings (SSSR count). The Kier molecular flexibility index (Phi) is 3.07. The molecule has 1 N–H and O–H groups in total. The van der Waals surface area contributed by atoms with Crippen molar-refractivity contribution in [2.24, 2.45) is 5.41 Å². The Morgan fingerprint density at radius 3 is 2.94 bits per heavy atom. The molecule has 0 fully saturated rings. The van der Waals surface area contributed by atoms with Crippen LogP contribution in [-0.4, -0.2) is 17.9 Å². The van der Waals surface area contributed by atoms with Gasteiger partial charge in [-0.15, -0.1) is 0 Å². The number of para-hydroxylation sites is 1. The molecule has 0 atom stereocenters. The minimum absolute atomic E-state index is 0.234. The Morgan fingerprint density at radius 2 is 2.24 bits per heavy atom. The number of carboxylic acids is 1. The van der Waals surface area contributed by atoms with Gasteiger partial charge in [0.05, 0.1) is 12.0 Å². The summed E-state index contributed by atoms with van der Waals surface area (Å²) in [6.45, 7) is 4.19. The van der Waals surface area contributed by atoms with Crippen LogP contribution in [0, 0.1) is 5.41 Å². The smallest absolute Gasteiger partial charge is 0.309 e. The van der Waals surface area contributed by atoms with Crippen LogP contribution in [0.3, 0.4) is 0 Å². The van der Waals surface area contributed by atoms with Crippen molar-refractivity contribution in [3.63, 3.8) is 0 Å². The molecule has 0 saturated heterocycles. The number of rotatable bonds is 3. The van der Waals surface area contributed by atoms with Crippen LogP contribution < -0.4 is 4.74 Å². The molecule has 0 aliphatic carbocycles. The van der Waals surface area contributed by atoms with Gasteiger partial charge in [-0.05, 0) is 25.8 Å². The monoisotopic (exact) mass is 236 g/mol. The molecule has 0 aromatic heterocycles. The van der Waals surface area contributed by atoms with Crippen molar-refractivity contribution in [2.45, 2.75) is 26.9 Å². The van der Waals surface area contributed by atoms with Crippen molar-refractivity contribution in [1.29, 1.82) is 0 Å². The second kappa shape index (κ2) is 4.37. The van der Waals surface area contributed by atoms with Crippen molar-refractivity contribution in [1.82, 2.24) is 0 Å². The summed E-state index contributed by atoms with van der Waals surface area (Å²) >= 11 is 0. The van der Waals surface area contributed by atoms with Crippen LogP contribution in [0.1, 0.15) is 25.0 Å². The fourth-order valence-corrected chi connectivity index (χ4v) is 1.88. The first-order valence-electron chi connectivity index (χ1n) is 5.55. The van der Waals surface area contributed by atoms with E-state index in [2.05, 4.69) is 0 Å². The molecule has 0 bridgehead atoms. The standard InChI is InChI=1S/C13H16O4/c1-13(2,12(14)15)6-9-4-3-5-10-7-16-8-17-11(9)10/h3-5H,6-8H2,1-2H3,(H,14,15). The molecule has 1 aromatic carbocycles. The van der Waals surface area contributed by atoms with E-state index >= 15 is 0 Å². The summed E-state index contributed by atoms with van der Waals surface area (Å²) in [5.41, 5.74) is 1.12. The van der Waals surface area contributed by atoms with Gasteiger partial charge in [-0.1, -0.05) is 18.2 Å². The highest BCUT2D eigenvalue weighted by atomic mass is 16.7. The predicted molar refractivity (Wildman–Crippen MR) is 61.8 cm³/mol. The minimum Gasteiger partial charge on any atom is -0.481 e. The van der Waals surface area contributed by atoms with Gasteiger partial charge in [-0.3, -0.25) is 4.79 Å². The first-order valence-corrected chi connectivity index (χ1v) is 5.55. The van der Waals surface area contributed by atoms with Gasteiger partial charge in [0, 0.05) is 5.56 Å². The molecule has 92 valence electrons. The summed E-state index contributed by atoms with van der Waals surface area (Å²) in [4.78, 5) is 11.1. The summed E-state index contributed by atoms with van der Waals surface area (Å²) < 4.78 is 10.7. The van der Waals surface area contributed by atoms with Crippen molar-refractivity contribution in [2.75, 3.05) is 6.79 Å². The molecule has 4 heteroatoms. The maximum atomic E-state index is 11.1. The van der Waals surface area contributed by atoms with Gasteiger partial charge < -0.3 is 14.6 Å². The van der Waals surface area contributed by atoms with Crippen LogP contribution in [0.5, 0.6) is 5.75 Å². The van der Waals surface area contributed by atoms with Gasteiger partial charge in [0.1, 0.15) is 5.75 Å². The van der Waals surface area contributed by atoms with E-state index in [4.69, 9.17) is 14.6 Å². The molecule has 17 heavy (non-hydrogen) atoms. The van der Waals surface area contributed by atoms with E-state index in [-0.39, 0.29) is 6.79 Å². The lowest BCUT2D eigenvalue weighted by Crippen LogP contribution is -2.27. The summed E-state index contributed by atoms with van der Waals surface area (Å²) in [6.07, 6.45) is 0.450. The van der Waals surface area contributed by atoms with Crippen LogP contribution in [0.4, 0.5) is 0 Å². The molecule has 1 aliphatic rings. The fourth-order valence-electron chi connectivity index (χ4n) is 1.88. The van der Waals surface area contributed by atoms with E-state index in [0.717, 1.165) is 16.9 Å². The first kappa shape index (κ1) is 11.9. The van der Waals surface area contributed by atoms with Gasteiger partial charge in [-0.2, -0.15) is 0 Å². The minimum atomic E-state index is -0.804. The molecule has 0 unspecified atom stereocenters. The SMILES string of the molecule is CC(C)(Cc1cccc2c1OCOC2)C(=O)O. The van der Waals surface area contributed by atoms with Crippen molar-refractivity contribution in [3.05, 3.63) is 29.3 Å². The van der Waals surface area contributed by atoms with Crippen molar-refractivity contribution < 1.29 is 19.4 Å². The number of fused-ring (bicyclic) bond motifs is 1. The highest BCUT2D eigenvalue weighted by molar-refractivity contribution is 5.74. The molecule has 1 heterocycles. The Balaban J connectivity index is 2.30. The van der Waals surface area contributed by atoms with Crippen LogP contribution in [0.15, 0.2) is 18.2 Å². The number of carboxylic acid groups (broad SMARTS) is 1. The largest absolute Gasteiger partial charge is 0.481 e. The molecule has 1 aromatic rings. The molecule has 0 radical (unpaired) electrons. The quantitative estimate of drug-likeness (QED) is 0.874. The van der Waals surface area contributed by atoms with Gasteiger partial charge in [-0.25, -0.2) is 0 Å². The Morgan fingerprint density at radius 1 is 1.47 bits per heavy atom. The lowest BCUT2D eigenvalue weighted by atomic mass is 9.85. The number of benzene rings is 1. The van der Waals surface area contributed by atoms with Crippen molar-refractivity contribution in [3.8, 4) is 5.75 Å². The lowest BCUT2D eigenvalue weighted by molar-refractivity contribution is -0.146. The molecule has 4 nitrogen and oxygen atoms in total. The van der Waals surface area contributed by atoms with Crippen LogP contribution >= 0.6 is 0 Å². The average molecular weight is 236 g/mol. The third kappa shape index (κ3) is 2.42.